The Morgan fingerprint density at radius 2 is 1.29 bits per heavy atom. The summed E-state index contributed by atoms with van der Waals surface area (Å²) in [5, 5.41) is 8.63. The Balaban J connectivity index is 1.50. The van der Waals surface area contributed by atoms with Gasteiger partial charge in [-0.25, -0.2) is 0 Å². The number of unbranched alkanes of at least 4 members (excludes halogenated alkanes) is 3. The fraction of sp³-hybridized carbons (Fsp3) is 0.296. The van der Waals surface area contributed by atoms with Crippen LogP contribution < -0.4 is 4.74 Å². The smallest absolute Gasteiger partial charge is 0.119 e. The summed E-state index contributed by atoms with van der Waals surface area (Å²) in [5.41, 5.74) is 4.91. The highest BCUT2D eigenvalue weighted by Crippen LogP contribution is 2.22. The van der Waals surface area contributed by atoms with Crippen molar-refractivity contribution >= 4 is 23.3 Å². The molecule has 31 heavy (non-hydrogen) atoms. The number of rotatable bonds is 11. The average Bonchev–Trinajstić information content (AvgIpc) is 2.83. The molecule has 4 heteroatoms. The zero-order chi connectivity index (χ0) is 21.7. The van der Waals surface area contributed by atoms with Crippen LogP contribution in [0, 0.1) is 0 Å². The molecule has 0 saturated heterocycles. The SMILES string of the molecule is CCCCCCOc1ccc(N=Nc2ccc(C=Nc3ccc(CC)cc3)cc2)cc1. The zero-order valence-electron chi connectivity index (χ0n) is 18.5. The molecular formula is C27H31N3O. The largest absolute Gasteiger partial charge is 0.494 e. The fourth-order valence-corrected chi connectivity index (χ4v) is 3.04. The van der Waals surface area contributed by atoms with Crippen LogP contribution in [0.2, 0.25) is 0 Å². The Morgan fingerprint density at radius 3 is 1.90 bits per heavy atom. The second-order valence-electron chi connectivity index (χ2n) is 7.47. The predicted molar refractivity (Wildman–Crippen MR) is 130 cm³/mol. The Bertz CT molecular complexity index is 959. The maximum atomic E-state index is 5.77. The normalized spacial score (nSPS) is 11.4. The Kier molecular flexibility index (Phi) is 8.99. The lowest BCUT2D eigenvalue weighted by molar-refractivity contribution is 0.305. The van der Waals surface area contributed by atoms with Crippen LogP contribution in [0.3, 0.4) is 0 Å². The van der Waals surface area contributed by atoms with Gasteiger partial charge >= 0.3 is 0 Å². The third kappa shape index (κ3) is 7.82. The number of aliphatic imine (C=N–C) groups is 1. The second-order valence-corrected chi connectivity index (χ2v) is 7.47. The van der Waals surface area contributed by atoms with Gasteiger partial charge in [0, 0.05) is 6.21 Å². The molecule has 0 N–H and O–H groups in total. The van der Waals surface area contributed by atoms with Gasteiger partial charge in [0.25, 0.3) is 0 Å². The van der Waals surface area contributed by atoms with Crippen molar-refractivity contribution in [1.29, 1.82) is 0 Å². The van der Waals surface area contributed by atoms with Crippen molar-refractivity contribution in [1.82, 2.24) is 0 Å². The first kappa shape index (κ1) is 22.4. The summed E-state index contributed by atoms with van der Waals surface area (Å²) in [6, 6.07) is 23.9. The number of aryl methyl sites for hydroxylation is 1. The van der Waals surface area contributed by atoms with Crippen molar-refractivity contribution in [3.05, 3.63) is 83.9 Å². The lowest BCUT2D eigenvalue weighted by atomic mass is 10.1. The molecule has 0 bridgehead atoms. The summed E-state index contributed by atoms with van der Waals surface area (Å²) < 4.78 is 5.77. The van der Waals surface area contributed by atoms with Gasteiger partial charge in [0.1, 0.15) is 5.75 Å². The molecule has 0 saturated carbocycles. The highest BCUT2D eigenvalue weighted by atomic mass is 16.5. The third-order valence-corrected chi connectivity index (χ3v) is 4.98. The maximum absolute atomic E-state index is 5.77. The van der Waals surface area contributed by atoms with Crippen molar-refractivity contribution in [2.24, 2.45) is 15.2 Å². The summed E-state index contributed by atoms with van der Waals surface area (Å²) in [4.78, 5) is 4.53. The molecule has 0 aliphatic rings. The van der Waals surface area contributed by atoms with Gasteiger partial charge in [-0.15, -0.1) is 0 Å². The Labute approximate surface area is 185 Å². The molecule has 0 aromatic heterocycles. The highest BCUT2D eigenvalue weighted by Gasteiger charge is 1.97. The monoisotopic (exact) mass is 413 g/mol. The van der Waals surface area contributed by atoms with Crippen LogP contribution in [0.5, 0.6) is 5.75 Å². The second kappa shape index (κ2) is 12.4. The van der Waals surface area contributed by atoms with Gasteiger partial charge in [-0.2, -0.15) is 10.2 Å². The van der Waals surface area contributed by atoms with E-state index in [-0.39, 0.29) is 0 Å². The summed E-state index contributed by atoms with van der Waals surface area (Å²) in [6.45, 7) is 5.13. The molecule has 0 spiro atoms. The maximum Gasteiger partial charge on any atom is 0.119 e. The number of nitrogens with zero attached hydrogens (tertiary/aromatic N) is 3. The van der Waals surface area contributed by atoms with Crippen LogP contribution >= 0.6 is 0 Å². The minimum absolute atomic E-state index is 0.764. The number of ether oxygens (including phenoxy) is 1. The van der Waals surface area contributed by atoms with Gasteiger partial charge in [-0.3, -0.25) is 4.99 Å². The van der Waals surface area contributed by atoms with Crippen LogP contribution in [0.15, 0.2) is 88.0 Å². The number of hydrogen-bond acceptors (Lipinski definition) is 4. The Hall–Kier alpha value is -3.27. The molecule has 0 heterocycles. The number of benzene rings is 3. The lowest BCUT2D eigenvalue weighted by Crippen LogP contribution is -1.96. The first-order valence-corrected chi connectivity index (χ1v) is 11.1. The van der Waals surface area contributed by atoms with E-state index in [1.54, 1.807) is 0 Å². The van der Waals surface area contributed by atoms with E-state index in [0.717, 1.165) is 47.8 Å². The highest BCUT2D eigenvalue weighted by molar-refractivity contribution is 5.82. The predicted octanol–water partition coefficient (Wildman–Crippen LogP) is 8.37. The van der Waals surface area contributed by atoms with Crippen LogP contribution in [0.25, 0.3) is 0 Å². The van der Waals surface area contributed by atoms with Crippen molar-refractivity contribution in [2.75, 3.05) is 6.61 Å². The molecule has 3 aromatic rings. The fourth-order valence-electron chi connectivity index (χ4n) is 3.04. The van der Waals surface area contributed by atoms with Crippen molar-refractivity contribution in [3.8, 4) is 5.75 Å². The molecule has 4 nitrogen and oxygen atoms in total. The van der Waals surface area contributed by atoms with Gasteiger partial charge < -0.3 is 4.74 Å². The number of hydrogen-bond donors (Lipinski definition) is 0. The van der Waals surface area contributed by atoms with E-state index in [2.05, 4.69) is 41.2 Å². The van der Waals surface area contributed by atoms with E-state index in [1.807, 2.05) is 66.9 Å². The van der Waals surface area contributed by atoms with Gasteiger partial charge in [0.15, 0.2) is 0 Å². The van der Waals surface area contributed by atoms with Crippen LogP contribution in [-0.2, 0) is 6.42 Å². The van der Waals surface area contributed by atoms with Gasteiger partial charge in [0.2, 0.25) is 0 Å². The molecule has 160 valence electrons. The standard InChI is InChI=1S/C27H31N3O/c1-3-5-6-7-20-31-27-18-16-26(17-19-27)30-29-25-14-10-23(11-15-25)21-28-24-12-8-22(4-2)9-13-24/h8-19,21H,3-7,20H2,1-2H3. The Morgan fingerprint density at radius 1 is 0.677 bits per heavy atom. The number of azo groups is 1. The van der Waals surface area contributed by atoms with Crippen LogP contribution in [-0.4, -0.2) is 12.8 Å². The molecule has 0 unspecified atom stereocenters. The minimum atomic E-state index is 0.764. The molecule has 3 rings (SSSR count). The van der Waals surface area contributed by atoms with E-state index in [9.17, 15) is 0 Å². The van der Waals surface area contributed by atoms with E-state index in [1.165, 1.54) is 24.8 Å². The van der Waals surface area contributed by atoms with Crippen LogP contribution in [0.4, 0.5) is 17.1 Å². The van der Waals surface area contributed by atoms with Crippen molar-refractivity contribution < 1.29 is 4.74 Å². The molecule has 0 radical (unpaired) electrons. The molecule has 0 amide bonds. The average molecular weight is 414 g/mol. The molecule has 3 aromatic carbocycles. The van der Waals surface area contributed by atoms with Gasteiger partial charge in [-0.05, 0) is 72.5 Å². The summed E-state index contributed by atoms with van der Waals surface area (Å²) in [7, 11) is 0. The van der Waals surface area contributed by atoms with E-state index in [0.29, 0.717) is 0 Å². The molecular weight excluding hydrogens is 382 g/mol. The van der Waals surface area contributed by atoms with Crippen molar-refractivity contribution in [2.45, 2.75) is 46.0 Å². The molecule has 0 aliphatic carbocycles. The van der Waals surface area contributed by atoms with E-state index >= 15 is 0 Å². The summed E-state index contributed by atoms with van der Waals surface area (Å²) in [6.07, 6.45) is 7.73. The summed E-state index contributed by atoms with van der Waals surface area (Å²) in [5.74, 6) is 0.878. The van der Waals surface area contributed by atoms with Gasteiger partial charge in [-0.1, -0.05) is 57.4 Å². The first-order chi connectivity index (χ1) is 15.3. The first-order valence-electron chi connectivity index (χ1n) is 11.1. The molecule has 0 atom stereocenters. The third-order valence-electron chi connectivity index (χ3n) is 4.98. The van der Waals surface area contributed by atoms with Crippen LogP contribution in [0.1, 0.15) is 50.7 Å². The summed E-state index contributed by atoms with van der Waals surface area (Å²) >= 11 is 0. The lowest BCUT2D eigenvalue weighted by Gasteiger charge is -2.05. The molecule has 0 aliphatic heterocycles. The van der Waals surface area contributed by atoms with Gasteiger partial charge in [0.05, 0.1) is 23.7 Å². The van der Waals surface area contributed by atoms with E-state index < -0.39 is 0 Å². The topological polar surface area (TPSA) is 46.3 Å². The minimum Gasteiger partial charge on any atom is -0.494 e. The van der Waals surface area contributed by atoms with Crippen molar-refractivity contribution in [3.63, 3.8) is 0 Å². The van der Waals surface area contributed by atoms with E-state index in [4.69, 9.17) is 4.74 Å². The quantitative estimate of drug-likeness (QED) is 0.177. The molecule has 0 fully saturated rings. The zero-order valence-corrected chi connectivity index (χ0v) is 18.5.